The van der Waals surface area contributed by atoms with Gasteiger partial charge in [0.25, 0.3) is 0 Å². The minimum absolute atomic E-state index is 0.117. The number of ether oxygens (including phenoxy) is 2. The molecule has 0 aromatic rings. The predicted octanol–water partition coefficient (Wildman–Crippen LogP) is 4.89. The molecule has 0 heterocycles. The first-order valence-corrected chi connectivity index (χ1v) is 11.1. The zero-order chi connectivity index (χ0) is 19.4. The van der Waals surface area contributed by atoms with Crippen LogP contribution in [0.3, 0.4) is 0 Å². The molecule has 8 atom stereocenters. The van der Waals surface area contributed by atoms with Gasteiger partial charge in [-0.1, -0.05) is 13.8 Å². The molecule has 4 fully saturated rings. The average Bonchev–Trinajstić information content (AvgIpc) is 2.91. The van der Waals surface area contributed by atoms with Crippen molar-refractivity contribution < 1.29 is 19.1 Å². The lowest BCUT2D eigenvalue weighted by Gasteiger charge is -2.60. The third kappa shape index (κ3) is 3.11. The van der Waals surface area contributed by atoms with Gasteiger partial charge in [-0.3, -0.25) is 9.59 Å². The zero-order valence-corrected chi connectivity index (χ0v) is 17.5. The van der Waals surface area contributed by atoms with E-state index in [1.54, 1.807) is 6.92 Å². The van der Waals surface area contributed by atoms with Crippen molar-refractivity contribution in [1.29, 1.82) is 0 Å². The average molecular weight is 377 g/mol. The molecule has 27 heavy (non-hydrogen) atoms. The number of fused-ring (bicyclic) bond motifs is 5. The molecule has 4 rings (SSSR count). The van der Waals surface area contributed by atoms with Crippen molar-refractivity contribution in [3.63, 3.8) is 0 Å². The molecule has 4 heteroatoms. The van der Waals surface area contributed by atoms with Gasteiger partial charge in [0, 0.05) is 19.3 Å². The summed E-state index contributed by atoms with van der Waals surface area (Å²) in [5, 5.41) is 0. The van der Waals surface area contributed by atoms with Gasteiger partial charge in [0.05, 0.1) is 0 Å². The van der Waals surface area contributed by atoms with Crippen molar-refractivity contribution in [1.82, 2.24) is 0 Å². The Morgan fingerprint density at radius 3 is 2.15 bits per heavy atom. The fraction of sp³-hybridized carbons (Fsp3) is 0.913. The molecule has 0 radical (unpaired) electrons. The zero-order valence-electron chi connectivity index (χ0n) is 17.5. The smallest absolute Gasteiger partial charge is 0.302 e. The first-order valence-electron chi connectivity index (χ1n) is 11.1. The normalized spacial score (nSPS) is 48.7. The fourth-order valence-electron chi connectivity index (χ4n) is 7.91. The maximum Gasteiger partial charge on any atom is 0.302 e. The van der Waals surface area contributed by atoms with Gasteiger partial charge in [-0.05, 0) is 86.9 Å². The monoisotopic (exact) mass is 376 g/mol. The summed E-state index contributed by atoms with van der Waals surface area (Å²) in [6.45, 7) is 8.00. The van der Waals surface area contributed by atoms with E-state index in [0.717, 1.165) is 31.1 Å². The van der Waals surface area contributed by atoms with Gasteiger partial charge in [-0.25, -0.2) is 0 Å². The molecule has 0 amide bonds. The highest BCUT2D eigenvalue weighted by Gasteiger charge is 2.61. The Morgan fingerprint density at radius 2 is 1.44 bits per heavy atom. The van der Waals surface area contributed by atoms with E-state index in [-0.39, 0.29) is 29.6 Å². The lowest BCUT2D eigenvalue weighted by atomic mass is 9.45. The van der Waals surface area contributed by atoms with E-state index in [0.29, 0.717) is 17.3 Å². The summed E-state index contributed by atoms with van der Waals surface area (Å²) in [4.78, 5) is 23.0. The molecule has 0 spiro atoms. The van der Waals surface area contributed by atoms with Gasteiger partial charge >= 0.3 is 11.9 Å². The van der Waals surface area contributed by atoms with E-state index in [1.165, 1.54) is 45.4 Å². The number of rotatable bonds is 2. The summed E-state index contributed by atoms with van der Waals surface area (Å²) < 4.78 is 11.3. The fourth-order valence-corrected chi connectivity index (χ4v) is 7.91. The molecule has 152 valence electrons. The molecule has 0 aromatic heterocycles. The Kier molecular flexibility index (Phi) is 4.83. The summed E-state index contributed by atoms with van der Waals surface area (Å²) in [5.74, 6) is 2.69. The van der Waals surface area contributed by atoms with Crippen molar-refractivity contribution in [2.45, 2.75) is 97.7 Å². The number of carbonyl (C=O) groups excluding carboxylic acids is 2. The standard InChI is InChI=1S/C23H36O4/c1-14(24)26-17-9-11-22(3)16(13-17)5-6-18-19-7-8-21(27-15(2)25)23(19,4)12-10-20(18)22/h16-21H,5-13H2,1-4H3/t16-,17+,18-,19-,20-,21-,22-,23-/m0/s1. The summed E-state index contributed by atoms with van der Waals surface area (Å²) >= 11 is 0. The number of esters is 2. The van der Waals surface area contributed by atoms with Crippen LogP contribution in [-0.2, 0) is 19.1 Å². The van der Waals surface area contributed by atoms with Gasteiger partial charge in [0.2, 0.25) is 0 Å². The molecule has 0 N–H and O–H groups in total. The van der Waals surface area contributed by atoms with Crippen LogP contribution in [0.15, 0.2) is 0 Å². The highest BCUT2D eigenvalue weighted by atomic mass is 16.5. The van der Waals surface area contributed by atoms with Crippen molar-refractivity contribution in [2.75, 3.05) is 0 Å². The van der Waals surface area contributed by atoms with Crippen LogP contribution in [0, 0.1) is 34.5 Å². The van der Waals surface area contributed by atoms with Gasteiger partial charge in [-0.2, -0.15) is 0 Å². The van der Waals surface area contributed by atoms with Crippen LogP contribution in [0.25, 0.3) is 0 Å². The van der Waals surface area contributed by atoms with Crippen LogP contribution in [0.1, 0.15) is 85.5 Å². The summed E-state index contributed by atoms with van der Waals surface area (Å²) in [7, 11) is 0. The molecule has 0 saturated heterocycles. The Balaban J connectivity index is 1.51. The molecule has 0 aliphatic heterocycles. The summed E-state index contributed by atoms with van der Waals surface area (Å²) in [5.41, 5.74) is 0.561. The summed E-state index contributed by atoms with van der Waals surface area (Å²) in [6.07, 6.45) is 10.8. The second kappa shape index (κ2) is 6.77. The van der Waals surface area contributed by atoms with Crippen LogP contribution in [0.5, 0.6) is 0 Å². The van der Waals surface area contributed by atoms with E-state index >= 15 is 0 Å². The van der Waals surface area contributed by atoms with E-state index < -0.39 is 0 Å². The lowest BCUT2D eigenvalue weighted by Crippen LogP contribution is -2.54. The van der Waals surface area contributed by atoms with Gasteiger partial charge in [0.1, 0.15) is 12.2 Å². The SMILES string of the molecule is CC(=O)O[C@@H]1CC[C@@]2(C)[C@@H](CC[C@@H]3[C@@H]2CC[C@]2(C)[C@@H](OC(C)=O)CC[C@@H]32)C1. The highest BCUT2D eigenvalue weighted by Crippen LogP contribution is 2.66. The molecule has 4 aliphatic rings. The summed E-state index contributed by atoms with van der Waals surface area (Å²) in [6, 6.07) is 0. The molecule has 4 nitrogen and oxygen atoms in total. The molecule has 4 aliphatic carbocycles. The topological polar surface area (TPSA) is 52.6 Å². The Bertz CT molecular complexity index is 615. The third-order valence-electron chi connectivity index (χ3n) is 9.17. The molecule has 0 bridgehead atoms. The van der Waals surface area contributed by atoms with Gasteiger partial charge in [-0.15, -0.1) is 0 Å². The maximum atomic E-state index is 11.6. The number of hydrogen-bond donors (Lipinski definition) is 0. The number of carbonyl (C=O) groups is 2. The van der Waals surface area contributed by atoms with E-state index in [9.17, 15) is 9.59 Å². The third-order valence-corrected chi connectivity index (χ3v) is 9.17. The Hall–Kier alpha value is -1.06. The Labute approximate surface area is 163 Å². The minimum atomic E-state index is -0.131. The maximum absolute atomic E-state index is 11.6. The van der Waals surface area contributed by atoms with Gasteiger partial charge < -0.3 is 9.47 Å². The Morgan fingerprint density at radius 1 is 0.778 bits per heavy atom. The first-order chi connectivity index (χ1) is 12.7. The van der Waals surface area contributed by atoms with Crippen LogP contribution in [-0.4, -0.2) is 24.1 Å². The van der Waals surface area contributed by atoms with Crippen LogP contribution >= 0.6 is 0 Å². The number of hydrogen-bond acceptors (Lipinski definition) is 4. The second-order valence-electron chi connectivity index (χ2n) is 10.4. The van der Waals surface area contributed by atoms with Gasteiger partial charge in [0.15, 0.2) is 0 Å². The van der Waals surface area contributed by atoms with Crippen molar-refractivity contribution in [3.05, 3.63) is 0 Å². The first kappa shape index (κ1) is 19.3. The molecular weight excluding hydrogens is 340 g/mol. The van der Waals surface area contributed by atoms with Crippen molar-refractivity contribution >= 4 is 11.9 Å². The molecule has 4 saturated carbocycles. The second-order valence-corrected chi connectivity index (χ2v) is 10.4. The van der Waals surface area contributed by atoms with E-state index in [1.807, 2.05) is 0 Å². The molecule has 0 aromatic carbocycles. The molecule has 0 unspecified atom stereocenters. The lowest BCUT2D eigenvalue weighted by molar-refractivity contribution is -0.167. The highest BCUT2D eigenvalue weighted by molar-refractivity contribution is 5.66. The van der Waals surface area contributed by atoms with Crippen LogP contribution in [0.2, 0.25) is 0 Å². The quantitative estimate of drug-likeness (QED) is 0.644. The minimum Gasteiger partial charge on any atom is -0.463 e. The van der Waals surface area contributed by atoms with Crippen molar-refractivity contribution in [3.8, 4) is 0 Å². The van der Waals surface area contributed by atoms with Crippen LogP contribution in [0.4, 0.5) is 0 Å². The van der Waals surface area contributed by atoms with E-state index in [2.05, 4.69) is 13.8 Å². The predicted molar refractivity (Wildman–Crippen MR) is 103 cm³/mol. The van der Waals surface area contributed by atoms with Crippen molar-refractivity contribution in [2.24, 2.45) is 34.5 Å². The largest absolute Gasteiger partial charge is 0.463 e. The molecular formula is C23H36O4. The van der Waals surface area contributed by atoms with Crippen LogP contribution < -0.4 is 0 Å². The van der Waals surface area contributed by atoms with E-state index in [4.69, 9.17) is 9.47 Å².